The Morgan fingerprint density at radius 3 is 2.24 bits per heavy atom. The van der Waals surface area contributed by atoms with Crippen LogP contribution in [0.2, 0.25) is 0 Å². The lowest BCUT2D eigenvalue weighted by atomic mass is 10.1. The highest BCUT2D eigenvalue weighted by Crippen LogP contribution is 2.40. The minimum atomic E-state index is -4.70. The van der Waals surface area contributed by atoms with Gasteiger partial charge in [0.25, 0.3) is 0 Å². The molecule has 2 rings (SSSR count). The van der Waals surface area contributed by atoms with Crippen LogP contribution in [0.3, 0.4) is 0 Å². The minimum Gasteiger partial charge on any atom is -0.395 e. The third-order valence-electron chi connectivity index (χ3n) is 4.77. The van der Waals surface area contributed by atoms with Crippen LogP contribution in [0.4, 0.5) is 10.7 Å². The fourth-order valence-electron chi connectivity index (χ4n) is 3.22. The predicted octanol–water partition coefficient (Wildman–Crippen LogP) is 3.11. The quantitative estimate of drug-likeness (QED) is 0.156. The molecule has 0 aliphatic rings. The molecule has 10 nitrogen and oxygen atoms in total. The van der Waals surface area contributed by atoms with Crippen LogP contribution >= 0.6 is 34.5 Å². The molecule has 15 heteroatoms. The number of nitro groups is 1. The second-order valence-corrected chi connectivity index (χ2v) is 12.7. The highest BCUT2D eigenvalue weighted by molar-refractivity contribution is 7.93. The Hall–Kier alpha value is -1.64. The number of aliphatic hydroxyl groups excluding tert-OH is 1. The minimum absolute atomic E-state index is 0.0967. The number of anilines is 1. The Kier molecular flexibility index (Phi) is 10.4. The Labute approximate surface area is 212 Å². The molecule has 1 atom stereocenters. The van der Waals surface area contributed by atoms with E-state index in [-0.39, 0.29) is 16.9 Å². The molecular weight excluding hydrogens is 551 g/mol. The summed E-state index contributed by atoms with van der Waals surface area (Å²) in [6.45, 7) is 1.76. The van der Waals surface area contributed by atoms with Crippen molar-refractivity contribution in [3.05, 3.63) is 50.9 Å². The van der Waals surface area contributed by atoms with Gasteiger partial charge in [0, 0.05) is 35.9 Å². The summed E-state index contributed by atoms with van der Waals surface area (Å²) in [5, 5.41) is 19.6. The zero-order valence-electron chi connectivity index (χ0n) is 18.1. The maximum atomic E-state index is 13.2. The van der Waals surface area contributed by atoms with E-state index < -0.39 is 53.2 Å². The molecule has 0 fully saturated rings. The van der Waals surface area contributed by atoms with Crippen molar-refractivity contribution >= 4 is 65.2 Å². The van der Waals surface area contributed by atoms with Crippen molar-refractivity contribution in [3.63, 3.8) is 0 Å². The van der Waals surface area contributed by atoms with E-state index in [4.69, 9.17) is 32.5 Å². The molecular formula is C19H24Cl2N2O8S3. The van der Waals surface area contributed by atoms with Crippen molar-refractivity contribution in [2.24, 2.45) is 0 Å². The van der Waals surface area contributed by atoms with Crippen molar-refractivity contribution in [2.45, 2.75) is 12.2 Å². The van der Waals surface area contributed by atoms with Crippen LogP contribution in [-0.4, -0.2) is 69.8 Å². The molecule has 1 N–H and O–H groups in total. The van der Waals surface area contributed by atoms with Gasteiger partial charge in [-0.3, -0.25) is 10.1 Å². The molecule has 190 valence electrons. The maximum Gasteiger partial charge on any atom is 0.328 e. The average molecular weight is 576 g/mol. The first-order valence-electron chi connectivity index (χ1n) is 9.89. The molecule has 0 aliphatic carbocycles. The molecule has 0 saturated carbocycles. The van der Waals surface area contributed by atoms with Crippen LogP contribution in [0, 0.1) is 17.0 Å². The molecule has 0 amide bonds. The van der Waals surface area contributed by atoms with Gasteiger partial charge in [-0.2, -0.15) is 8.42 Å². The van der Waals surface area contributed by atoms with Crippen LogP contribution in [0.15, 0.2) is 29.6 Å². The number of rotatable bonds is 14. The maximum absolute atomic E-state index is 13.2. The van der Waals surface area contributed by atoms with Crippen molar-refractivity contribution < 1.29 is 31.0 Å². The zero-order valence-corrected chi connectivity index (χ0v) is 22.1. The summed E-state index contributed by atoms with van der Waals surface area (Å²) in [6.07, 6.45) is 0. The van der Waals surface area contributed by atoms with Crippen molar-refractivity contribution in [3.8, 4) is 5.75 Å². The molecule has 0 radical (unpaired) electrons. The summed E-state index contributed by atoms with van der Waals surface area (Å²) in [7, 11) is -8.78. The number of alkyl halides is 2. The lowest BCUT2D eigenvalue weighted by Crippen LogP contribution is -2.29. The molecule has 0 saturated heterocycles. The topological polar surface area (TPSA) is 144 Å². The van der Waals surface area contributed by atoms with Crippen molar-refractivity contribution in [2.75, 3.05) is 47.9 Å². The first-order valence-corrected chi connectivity index (χ1v) is 15.1. The largest absolute Gasteiger partial charge is 0.395 e. The Morgan fingerprint density at radius 1 is 1.15 bits per heavy atom. The fourth-order valence-corrected chi connectivity index (χ4v) is 8.07. The monoisotopic (exact) mass is 574 g/mol. The number of aryl methyl sites for hydroxylation is 1. The van der Waals surface area contributed by atoms with E-state index in [1.54, 1.807) is 12.1 Å². The molecule has 34 heavy (non-hydrogen) atoms. The highest BCUT2D eigenvalue weighted by Gasteiger charge is 2.40. The summed E-state index contributed by atoms with van der Waals surface area (Å²) in [6, 6.07) is 5.96. The highest BCUT2D eigenvalue weighted by atomic mass is 35.5. The molecule has 0 bridgehead atoms. The van der Waals surface area contributed by atoms with E-state index >= 15 is 0 Å². The fraction of sp³-hybridized carbons (Fsp3) is 0.474. The molecule has 0 spiro atoms. The van der Waals surface area contributed by atoms with Gasteiger partial charge in [-0.15, -0.1) is 23.2 Å². The molecule has 0 aliphatic heterocycles. The number of aliphatic hydroxyl groups is 1. The number of halogens is 2. The van der Waals surface area contributed by atoms with Crippen LogP contribution in [0.5, 0.6) is 5.75 Å². The third kappa shape index (κ3) is 7.43. The summed E-state index contributed by atoms with van der Waals surface area (Å²) in [4.78, 5) is 12.6. The van der Waals surface area contributed by atoms with E-state index in [9.17, 15) is 26.9 Å². The van der Waals surface area contributed by atoms with Gasteiger partial charge in [0.15, 0.2) is 9.84 Å². The van der Waals surface area contributed by atoms with Crippen molar-refractivity contribution in [1.82, 2.24) is 0 Å². The molecule has 1 aromatic carbocycles. The van der Waals surface area contributed by atoms with Gasteiger partial charge >= 0.3 is 15.1 Å². The van der Waals surface area contributed by atoms with Gasteiger partial charge in [0.1, 0.15) is 11.0 Å². The smallest absolute Gasteiger partial charge is 0.328 e. The SMILES string of the molecule is Cc1csc([N+](=O)[O-])c1C(CS(=O)(=O)CCO)S(=O)(=O)Oc1ccc(N(CCCl)CCCl)cc1. The van der Waals surface area contributed by atoms with E-state index in [1.165, 1.54) is 24.4 Å². The van der Waals surface area contributed by atoms with Gasteiger partial charge in [-0.05, 0) is 36.8 Å². The normalized spacial score (nSPS) is 12.9. The van der Waals surface area contributed by atoms with E-state index in [2.05, 4.69) is 0 Å². The molecule has 1 heterocycles. The Bertz CT molecular complexity index is 1180. The van der Waals surface area contributed by atoms with Crippen LogP contribution < -0.4 is 9.08 Å². The summed E-state index contributed by atoms with van der Waals surface area (Å²) in [5.74, 6) is -1.06. The second kappa shape index (κ2) is 12.4. The summed E-state index contributed by atoms with van der Waals surface area (Å²) in [5.41, 5.74) is 0.724. The van der Waals surface area contributed by atoms with Crippen LogP contribution in [-0.2, 0) is 20.0 Å². The molecule has 2 aromatic rings. The van der Waals surface area contributed by atoms with Gasteiger partial charge in [-0.25, -0.2) is 8.42 Å². The molecule has 1 aromatic heterocycles. The lowest BCUT2D eigenvalue weighted by molar-refractivity contribution is -0.380. The summed E-state index contributed by atoms with van der Waals surface area (Å²) >= 11 is 12.3. The van der Waals surface area contributed by atoms with E-state index in [1.807, 2.05) is 4.90 Å². The summed E-state index contributed by atoms with van der Waals surface area (Å²) < 4.78 is 56.4. The number of benzene rings is 1. The Morgan fingerprint density at radius 2 is 1.74 bits per heavy atom. The standard InChI is InChI=1S/C19H24Cl2N2O8S3/c1-14-12-32-19(23(25)26)18(14)17(13-33(27,28)11-10-24)34(29,30)31-16-4-2-15(3-5-16)22(8-6-20)9-7-21/h2-5,12,17,24H,6-11,13H2,1H3. The Balaban J connectivity index is 2.45. The van der Waals surface area contributed by atoms with Gasteiger partial charge in [-0.1, -0.05) is 11.3 Å². The van der Waals surface area contributed by atoms with E-state index in [0.717, 1.165) is 5.69 Å². The van der Waals surface area contributed by atoms with Crippen LogP contribution in [0.1, 0.15) is 16.4 Å². The van der Waals surface area contributed by atoms with Gasteiger partial charge in [0.2, 0.25) is 0 Å². The number of sulfone groups is 1. The average Bonchev–Trinajstić information content (AvgIpc) is 3.13. The van der Waals surface area contributed by atoms with Gasteiger partial charge < -0.3 is 14.2 Å². The van der Waals surface area contributed by atoms with Crippen molar-refractivity contribution in [1.29, 1.82) is 0 Å². The number of hydrogen-bond acceptors (Lipinski definition) is 10. The van der Waals surface area contributed by atoms with Gasteiger partial charge in [0.05, 0.1) is 28.6 Å². The lowest BCUT2D eigenvalue weighted by Gasteiger charge is -2.23. The third-order valence-corrected chi connectivity index (χ3v) is 9.55. The zero-order chi connectivity index (χ0) is 25.5. The van der Waals surface area contributed by atoms with E-state index in [0.29, 0.717) is 36.2 Å². The van der Waals surface area contributed by atoms with Crippen LogP contribution in [0.25, 0.3) is 0 Å². The number of hydrogen-bond donors (Lipinski definition) is 1. The second-order valence-electron chi connectivity index (χ2n) is 7.16. The first kappa shape index (κ1) is 28.6. The number of nitrogens with zero attached hydrogens (tertiary/aromatic N) is 2. The predicted molar refractivity (Wildman–Crippen MR) is 134 cm³/mol. The molecule has 1 unspecified atom stereocenters. The first-order chi connectivity index (χ1) is 16.0. The number of thiophene rings is 1.